The van der Waals surface area contributed by atoms with Crippen molar-refractivity contribution in [2.24, 2.45) is 12.8 Å². The predicted octanol–water partition coefficient (Wildman–Crippen LogP) is 1.02. The summed E-state index contributed by atoms with van der Waals surface area (Å²) < 4.78 is 3.90. The Morgan fingerprint density at radius 2 is 2.25 bits per heavy atom. The van der Waals surface area contributed by atoms with Gasteiger partial charge in [0.05, 0.1) is 24.4 Å². The van der Waals surface area contributed by atoms with Gasteiger partial charge in [-0.25, -0.2) is 4.98 Å². The monoisotopic (exact) mass is 219 g/mol. The third kappa shape index (κ3) is 2.30. The summed E-state index contributed by atoms with van der Waals surface area (Å²) in [6.45, 7) is 2.91. The van der Waals surface area contributed by atoms with Gasteiger partial charge in [-0.05, 0) is 13.3 Å². The summed E-state index contributed by atoms with van der Waals surface area (Å²) in [6.07, 6.45) is 8.48. The number of aryl methyl sites for hydroxylation is 2. The minimum absolute atomic E-state index is 0.212. The number of rotatable bonds is 4. The van der Waals surface area contributed by atoms with Gasteiger partial charge in [-0.3, -0.25) is 4.68 Å². The lowest BCUT2D eigenvalue weighted by molar-refractivity contribution is 0.573. The van der Waals surface area contributed by atoms with E-state index in [0.29, 0.717) is 0 Å². The number of aromatic nitrogens is 4. The zero-order chi connectivity index (χ0) is 11.5. The third-order valence-electron chi connectivity index (χ3n) is 2.54. The molecule has 5 heteroatoms. The van der Waals surface area contributed by atoms with Crippen molar-refractivity contribution in [1.82, 2.24) is 19.3 Å². The quantitative estimate of drug-likeness (QED) is 0.835. The normalized spacial score (nSPS) is 12.9. The van der Waals surface area contributed by atoms with Crippen molar-refractivity contribution in [2.75, 3.05) is 0 Å². The highest BCUT2D eigenvalue weighted by Crippen LogP contribution is 2.18. The maximum absolute atomic E-state index is 5.75. The predicted molar refractivity (Wildman–Crippen MR) is 62.7 cm³/mol. The van der Waals surface area contributed by atoms with Gasteiger partial charge in [-0.15, -0.1) is 0 Å². The molecule has 2 rings (SSSR count). The molecule has 0 aliphatic carbocycles. The molecule has 0 saturated heterocycles. The summed E-state index contributed by atoms with van der Waals surface area (Å²) in [5.41, 5.74) is 7.93. The van der Waals surface area contributed by atoms with Crippen LogP contribution in [0.25, 0.3) is 11.3 Å². The van der Waals surface area contributed by atoms with Crippen LogP contribution in [0.1, 0.15) is 13.3 Å². The molecule has 0 amide bonds. The molecular weight excluding hydrogens is 202 g/mol. The van der Waals surface area contributed by atoms with Crippen molar-refractivity contribution >= 4 is 0 Å². The molecular formula is C11H17N5. The molecule has 16 heavy (non-hydrogen) atoms. The van der Waals surface area contributed by atoms with Crippen LogP contribution in [0.15, 0.2) is 24.9 Å². The first-order valence-electron chi connectivity index (χ1n) is 5.41. The summed E-state index contributed by atoms with van der Waals surface area (Å²) in [5, 5.41) is 4.16. The highest BCUT2D eigenvalue weighted by molar-refractivity contribution is 5.56. The summed E-state index contributed by atoms with van der Waals surface area (Å²) in [6, 6.07) is 0.212. The van der Waals surface area contributed by atoms with Gasteiger partial charge >= 0.3 is 0 Å². The maximum Gasteiger partial charge on any atom is 0.0950 e. The molecule has 0 aliphatic heterocycles. The van der Waals surface area contributed by atoms with Gasteiger partial charge in [0.25, 0.3) is 0 Å². The lowest BCUT2D eigenvalue weighted by Gasteiger charge is -2.08. The van der Waals surface area contributed by atoms with Gasteiger partial charge < -0.3 is 10.3 Å². The second-order valence-corrected chi connectivity index (χ2v) is 4.14. The lowest BCUT2D eigenvalue weighted by atomic mass is 10.2. The third-order valence-corrected chi connectivity index (χ3v) is 2.54. The van der Waals surface area contributed by atoms with E-state index in [1.165, 1.54) is 0 Å². The Bertz CT molecular complexity index is 454. The van der Waals surface area contributed by atoms with Crippen LogP contribution in [-0.2, 0) is 13.6 Å². The number of imidazole rings is 1. The average Bonchev–Trinajstić information content (AvgIpc) is 2.82. The van der Waals surface area contributed by atoms with E-state index < -0.39 is 0 Å². The van der Waals surface area contributed by atoms with Crippen molar-refractivity contribution in [3.63, 3.8) is 0 Å². The fraction of sp³-hybridized carbons (Fsp3) is 0.455. The van der Waals surface area contributed by atoms with Crippen molar-refractivity contribution < 1.29 is 0 Å². The van der Waals surface area contributed by atoms with Crippen molar-refractivity contribution in [3.05, 3.63) is 24.9 Å². The number of nitrogens with two attached hydrogens (primary N) is 1. The first-order valence-corrected chi connectivity index (χ1v) is 5.41. The van der Waals surface area contributed by atoms with Crippen LogP contribution in [0.5, 0.6) is 0 Å². The molecule has 0 aliphatic rings. The van der Waals surface area contributed by atoms with Crippen LogP contribution in [0, 0.1) is 0 Å². The Morgan fingerprint density at radius 1 is 1.44 bits per heavy atom. The van der Waals surface area contributed by atoms with Crippen molar-refractivity contribution in [3.8, 4) is 11.3 Å². The van der Waals surface area contributed by atoms with Gasteiger partial charge in [-0.1, -0.05) is 0 Å². The molecule has 2 N–H and O–H groups in total. The van der Waals surface area contributed by atoms with Crippen LogP contribution >= 0.6 is 0 Å². The smallest absolute Gasteiger partial charge is 0.0950 e. The molecule has 0 saturated carbocycles. The summed E-state index contributed by atoms with van der Waals surface area (Å²) in [5.74, 6) is 0. The van der Waals surface area contributed by atoms with Gasteiger partial charge in [0.2, 0.25) is 0 Å². The summed E-state index contributed by atoms with van der Waals surface area (Å²) in [4.78, 5) is 4.17. The topological polar surface area (TPSA) is 61.7 Å². The van der Waals surface area contributed by atoms with Crippen molar-refractivity contribution in [1.29, 1.82) is 0 Å². The van der Waals surface area contributed by atoms with Crippen LogP contribution in [0.4, 0.5) is 0 Å². The number of hydrogen-bond donors (Lipinski definition) is 1. The highest BCUT2D eigenvalue weighted by atomic mass is 15.2. The Kier molecular flexibility index (Phi) is 3.05. The van der Waals surface area contributed by atoms with E-state index in [0.717, 1.165) is 24.2 Å². The zero-order valence-electron chi connectivity index (χ0n) is 9.67. The van der Waals surface area contributed by atoms with E-state index in [2.05, 4.69) is 14.6 Å². The molecule has 2 aromatic heterocycles. The van der Waals surface area contributed by atoms with Crippen LogP contribution in [0.2, 0.25) is 0 Å². The molecule has 86 valence electrons. The fourth-order valence-corrected chi connectivity index (χ4v) is 1.64. The van der Waals surface area contributed by atoms with Crippen LogP contribution < -0.4 is 5.73 Å². The molecule has 0 spiro atoms. The van der Waals surface area contributed by atoms with Gasteiger partial charge in [0, 0.05) is 31.4 Å². The maximum atomic E-state index is 5.75. The van der Waals surface area contributed by atoms with Crippen molar-refractivity contribution in [2.45, 2.75) is 25.9 Å². The standard InChI is InChI=1S/C11H17N5/c1-9(12)3-4-16-8-13-6-11(16)10-5-14-15(2)7-10/h5-9H,3-4,12H2,1-2H3. The Labute approximate surface area is 94.9 Å². The Hall–Kier alpha value is -1.62. The van der Waals surface area contributed by atoms with Gasteiger partial charge in [-0.2, -0.15) is 5.10 Å². The second kappa shape index (κ2) is 4.49. The first-order chi connectivity index (χ1) is 7.66. The van der Waals surface area contributed by atoms with Crippen LogP contribution in [0.3, 0.4) is 0 Å². The summed E-state index contributed by atoms with van der Waals surface area (Å²) in [7, 11) is 1.91. The van der Waals surface area contributed by atoms with Gasteiger partial charge in [0.15, 0.2) is 0 Å². The average molecular weight is 219 g/mol. The van der Waals surface area contributed by atoms with E-state index in [-0.39, 0.29) is 6.04 Å². The van der Waals surface area contributed by atoms with E-state index in [9.17, 15) is 0 Å². The molecule has 1 atom stereocenters. The van der Waals surface area contributed by atoms with E-state index in [1.54, 1.807) is 4.68 Å². The highest BCUT2D eigenvalue weighted by Gasteiger charge is 2.07. The molecule has 0 radical (unpaired) electrons. The fourth-order valence-electron chi connectivity index (χ4n) is 1.64. The van der Waals surface area contributed by atoms with Gasteiger partial charge in [0.1, 0.15) is 0 Å². The first kappa shape index (κ1) is 10.9. The largest absolute Gasteiger partial charge is 0.330 e. The molecule has 1 unspecified atom stereocenters. The molecule has 2 aromatic rings. The minimum Gasteiger partial charge on any atom is -0.330 e. The van der Waals surface area contributed by atoms with E-state index >= 15 is 0 Å². The van der Waals surface area contributed by atoms with E-state index in [4.69, 9.17) is 5.73 Å². The number of nitrogens with zero attached hydrogens (tertiary/aromatic N) is 4. The second-order valence-electron chi connectivity index (χ2n) is 4.14. The number of hydrogen-bond acceptors (Lipinski definition) is 3. The Balaban J connectivity index is 2.19. The zero-order valence-corrected chi connectivity index (χ0v) is 9.67. The van der Waals surface area contributed by atoms with E-state index in [1.807, 2.05) is 38.9 Å². The molecule has 5 nitrogen and oxygen atoms in total. The molecule has 0 bridgehead atoms. The SMILES string of the molecule is CC(N)CCn1cncc1-c1cnn(C)c1. The lowest BCUT2D eigenvalue weighted by Crippen LogP contribution is -2.17. The Morgan fingerprint density at radius 3 is 2.88 bits per heavy atom. The summed E-state index contributed by atoms with van der Waals surface area (Å²) >= 11 is 0. The molecule has 0 fully saturated rings. The molecule has 0 aromatic carbocycles. The van der Waals surface area contributed by atoms with Crippen LogP contribution in [-0.4, -0.2) is 25.4 Å². The molecule has 2 heterocycles. The minimum atomic E-state index is 0.212.